The molecule has 1 atom stereocenters. The Morgan fingerprint density at radius 2 is 2.21 bits per heavy atom. The molecule has 5 heteroatoms. The second-order valence-corrected chi connectivity index (χ2v) is 6.16. The van der Waals surface area contributed by atoms with E-state index in [1.807, 2.05) is 7.05 Å². The fourth-order valence-corrected chi connectivity index (χ4v) is 2.91. The number of halogens is 1. The highest BCUT2D eigenvalue weighted by Gasteiger charge is 2.23. The monoisotopic (exact) mass is 374 g/mol. The Morgan fingerprint density at radius 1 is 1.42 bits per heavy atom. The zero-order chi connectivity index (χ0) is 13.8. The number of hydrogen-bond donors (Lipinski definition) is 2. The molecule has 0 spiro atoms. The minimum Gasteiger partial charge on any atom is -0.507 e. The first-order valence-electron chi connectivity index (χ1n) is 6.56. The lowest BCUT2D eigenvalue weighted by atomic mass is 10.1. The molecule has 1 unspecified atom stereocenters. The van der Waals surface area contributed by atoms with E-state index in [1.165, 1.54) is 0 Å². The Bertz CT molecular complexity index is 457. The third-order valence-electron chi connectivity index (χ3n) is 3.60. The molecule has 1 amide bonds. The molecule has 1 aliphatic heterocycles. The number of aromatic hydroxyl groups is 1. The predicted octanol–water partition coefficient (Wildman–Crippen LogP) is 2.21. The number of rotatable bonds is 2. The number of hydrogen-bond acceptors (Lipinski definition) is 3. The van der Waals surface area contributed by atoms with Crippen molar-refractivity contribution in [3.8, 4) is 5.75 Å². The summed E-state index contributed by atoms with van der Waals surface area (Å²) >= 11 is 2.15. The number of nitrogens with zero attached hydrogens (tertiary/aromatic N) is 1. The molecule has 0 aromatic heterocycles. The zero-order valence-corrected chi connectivity index (χ0v) is 13.2. The molecule has 1 fully saturated rings. The molecule has 0 aliphatic carbocycles. The van der Waals surface area contributed by atoms with Crippen LogP contribution in [0.25, 0.3) is 0 Å². The maximum absolute atomic E-state index is 12.5. The summed E-state index contributed by atoms with van der Waals surface area (Å²) in [5, 5.41) is 13.2. The highest BCUT2D eigenvalue weighted by Crippen LogP contribution is 2.23. The van der Waals surface area contributed by atoms with Gasteiger partial charge in [0.05, 0.1) is 5.56 Å². The van der Waals surface area contributed by atoms with Crippen LogP contribution < -0.4 is 5.32 Å². The lowest BCUT2D eigenvalue weighted by Gasteiger charge is -2.27. The molecule has 1 aromatic carbocycles. The normalized spacial score (nSPS) is 19.8. The first kappa shape index (κ1) is 14.6. The average molecular weight is 374 g/mol. The fraction of sp³-hybridized carbons (Fsp3) is 0.500. The largest absolute Gasteiger partial charge is 0.507 e. The SMILES string of the molecule is CN(C(=O)c1cc(I)ccc1O)C1CCCNCC1. The minimum absolute atomic E-state index is 0.0593. The van der Waals surface area contributed by atoms with Crippen LogP contribution in [0.5, 0.6) is 5.75 Å². The van der Waals surface area contributed by atoms with Crippen LogP contribution in [0.15, 0.2) is 18.2 Å². The quantitative estimate of drug-likeness (QED) is 0.781. The van der Waals surface area contributed by atoms with Crippen molar-refractivity contribution in [1.82, 2.24) is 10.2 Å². The van der Waals surface area contributed by atoms with E-state index >= 15 is 0 Å². The molecule has 19 heavy (non-hydrogen) atoms. The molecule has 2 rings (SSSR count). The second-order valence-electron chi connectivity index (χ2n) is 4.91. The van der Waals surface area contributed by atoms with Crippen molar-refractivity contribution in [1.29, 1.82) is 0 Å². The fourth-order valence-electron chi connectivity index (χ4n) is 2.42. The van der Waals surface area contributed by atoms with E-state index in [2.05, 4.69) is 27.9 Å². The van der Waals surface area contributed by atoms with Gasteiger partial charge in [-0.2, -0.15) is 0 Å². The van der Waals surface area contributed by atoms with Crippen LogP contribution in [0, 0.1) is 3.57 Å². The standard InChI is InChI=1S/C14H19IN2O2/c1-17(11-3-2-7-16-8-6-11)14(19)12-9-10(15)4-5-13(12)18/h4-5,9,11,16,18H,2-3,6-8H2,1H3. The third kappa shape index (κ3) is 3.60. The number of carbonyl (C=O) groups excluding carboxylic acids is 1. The van der Waals surface area contributed by atoms with Crippen LogP contribution in [-0.4, -0.2) is 42.1 Å². The maximum Gasteiger partial charge on any atom is 0.257 e. The van der Waals surface area contributed by atoms with Crippen LogP contribution >= 0.6 is 22.6 Å². The Hall–Kier alpha value is -0.820. The van der Waals surface area contributed by atoms with E-state index in [9.17, 15) is 9.90 Å². The van der Waals surface area contributed by atoms with E-state index in [0.29, 0.717) is 5.56 Å². The number of benzene rings is 1. The number of nitrogens with one attached hydrogen (secondary N) is 1. The van der Waals surface area contributed by atoms with Gasteiger partial charge in [-0.25, -0.2) is 0 Å². The Labute approximate surface area is 127 Å². The molecular weight excluding hydrogens is 355 g/mol. The summed E-state index contributed by atoms with van der Waals surface area (Å²) in [6.07, 6.45) is 3.06. The molecule has 104 valence electrons. The van der Waals surface area contributed by atoms with E-state index in [4.69, 9.17) is 0 Å². The van der Waals surface area contributed by atoms with Crippen LogP contribution in [0.3, 0.4) is 0 Å². The van der Waals surface area contributed by atoms with Gasteiger partial charge in [0, 0.05) is 16.7 Å². The van der Waals surface area contributed by atoms with E-state index in [1.54, 1.807) is 23.1 Å². The van der Waals surface area contributed by atoms with Gasteiger partial charge in [0.15, 0.2) is 0 Å². The van der Waals surface area contributed by atoms with Crippen molar-refractivity contribution >= 4 is 28.5 Å². The highest BCUT2D eigenvalue weighted by atomic mass is 127. The number of phenolic OH excluding ortho intramolecular Hbond substituents is 1. The smallest absolute Gasteiger partial charge is 0.257 e. The first-order valence-corrected chi connectivity index (χ1v) is 7.64. The number of phenols is 1. The topological polar surface area (TPSA) is 52.6 Å². The average Bonchev–Trinajstić information content (AvgIpc) is 2.69. The first-order chi connectivity index (χ1) is 9.09. The summed E-state index contributed by atoms with van der Waals surface area (Å²) in [6.45, 7) is 1.97. The lowest BCUT2D eigenvalue weighted by Crippen LogP contribution is -2.37. The van der Waals surface area contributed by atoms with Crippen molar-refractivity contribution < 1.29 is 9.90 Å². The number of amides is 1. The summed E-state index contributed by atoms with van der Waals surface area (Å²) in [5.74, 6) is -0.0353. The Kier molecular flexibility index (Phi) is 5.04. The van der Waals surface area contributed by atoms with Gasteiger partial charge >= 0.3 is 0 Å². The van der Waals surface area contributed by atoms with E-state index in [-0.39, 0.29) is 17.7 Å². The molecule has 0 saturated carbocycles. The molecular formula is C14H19IN2O2. The zero-order valence-electron chi connectivity index (χ0n) is 11.0. The molecule has 1 aromatic rings. The van der Waals surface area contributed by atoms with Crippen LogP contribution in [-0.2, 0) is 0 Å². The van der Waals surface area contributed by atoms with Crippen LogP contribution in [0.4, 0.5) is 0 Å². The molecule has 0 radical (unpaired) electrons. The van der Waals surface area contributed by atoms with Gasteiger partial charge in [0.1, 0.15) is 5.75 Å². The van der Waals surface area contributed by atoms with E-state index in [0.717, 1.165) is 35.9 Å². The Morgan fingerprint density at radius 3 is 3.00 bits per heavy atom. The third-order valence-corrected chi connectivity index (χ3v) is 4.27. The number of carbonyl (C=O) groups is 1. The van der Waals surface area contributed by atoms with Crippen molar-refractivity contribution in [3.63, 3.8) is 0 Å². The van der Waals surface area contributed by atoms with Crippen LogP contribution in [0.1, 0.15) is 29.6 Å². The van der Waals surface area contributed by atoms with Gasteiger partial charge in [-0.1, -0.05) is 0 Å². The molecule has 1 aliphatic rings. The van der Waals surface area contributed by atoms with Gasteiger partial charge in [0.25, 0.3) is 5.91 Å². The van der Waals surface area contributed by atoms with Crippen molar-refractivity contribution in [2.45, 2.75) is 25.3 Å². The van der Waals surface area contributed by atoms with Crippen molar-refractivity contribution in [2.75, 3.05) is 20.1 Å². The van der Waals surface area contributed by atoms with Gasteiger partial charge in [-0.15, -0.1) is 0 Å². The summed E-state index contributed by atoms with van der Waals surface area (Å²) < 4.78 is 0.953. The highest BCUT2D eigenvalue weighted by molar-refractivity contribution is 14.1. The maximum atomic E-state index is 12.5. The molecule has 1 saturated heterocycles. The summed E-state index contributed by atoms with van der Waals surface area (Å²) in [6, 6.07) is 5.36. The van der Waals surface area contributed by atoms with Crippen molar-refractivity contribution in [3.05, 3.63) is 27.3 Å². The summed E-state index contributed by atoms with van der Waals surface area (Å²) in [4.78, 5) is 14.2. The summed E-state index contributed by atoms with van der Waals surface area (Å²) in [5.41, 5.74) is 0.395. The second kappa shape index (κ2) is 6.56. The molecule has 2 N–H and O–H groups in total. The van der Waals surface area contributed by atoms with Gasteiger partial charge < -0.3 is 15.3 Å². The van der Waals surface area contributed by atoms with Gasteiger partial charge in [-0.3, -0.25) is 4.79 Å². The van der Waals surface area contributed by atoms with Crippen LogP contribution in [0.2, 0.25) is 0 Å². The predicted molar refractivity (Wildman–Crippen MR) is 83.4 cm³/mol. The molecule has 0 bridgehead atoms. The lowest BCUT2D eigenvalue weighted by molar-refractivity contribution is 0.0717. The summed E-state index contributed by atoms with van der Waals surface area (Å²) in [7, 11) is 1.83. The van der Waals surface area contributed by atoms with E-state index < -0.39 is 0 Å². The molecule has 1 heterocycles. The Balaban J connectivity index is 2.15. The van der Waals surface area contributed by atoms with Crippen molar-refractivity contribution in [2.24, 2.45) is 0 Å². The minimum atomic E-state index is -0.0945. The molecule has 4 nitrogen and oxygen atoms in total. The van der Waals surface area contributed by atoms with Gasteiger partial charge in [0.2, 0.25) is 0 Å². The van der Waals surface area contributed by atoms with Gasteiger partial charge in [-0.05, 0) is 73.1 Å².